The topological polar surface area (TPSA) is 266 Å². The number of phenolic OH excluding ortho intramolecular Hbond substituents is 8. The highest BCUT2D eigenvalue weighted by Gasteiger charge is 2.09. The maximum atomic E-state index is 9.48. The van der Waals surface area contributed by atoms with Crippen LogP contribution in [0.25, 0.3) is 0 Å². The van der Waals surface area contributed by atoms with E-state index in [2.05, 4.69) is 5.32 Å². The predicted molar refractivity (Wildman–Crippen MR) is 165 cm³/mol. The van der Waals surface area contributed by atoms with Crippen molar-refractivity contribution < 1.29 is 51.1 Å². The SMILES string of the molecule is CNCC(O)c1ccc(O)c(O)c1.NCC(O)c1ccc(O)c(O)c1.NCCc1ccc(O)c(O)c1.Oc1ccccc1O. The highest BCUT2D eigenvalue weighted by Crippen LogP contribution is 2.28. The Hall–Kier alpha value is -4.92. The molecule has 0 aromatic heterocycles. The van der Waals surface area contributed by atoms with E-state index in [1.54, 1.807) is 31.3 Å². The van der Waals surface area contributed by atoms with Gasteiger partial charge in [-0.1, -0.05) is 30.3 Å². The quantitative estimate of drug-likeness (QED) is 0.133. The monoisotopic (exact) mass is 615 g/mol. The summed E-state index contributed by atoms with van der Waals surface area (Å²) in [6, 6.07) is 19.2. The second kappa shape index (κ2) is 19.3. The van der Waals surface area contributed by atoms with E-state index in [9.17, 15) is 10.2 Å². The fourth-order valence-electron chi connectivity index (χ4n) is 3.30. The summed E-state index contributed by atoms with van der Waals surface area (Å²) in [6.07, 6.45) is -0.749. The van der Waals surface area contributed by atoms with Crippen LogP contribution in [0.1, 0.15) is 28.9 Å². The standard InChI is InChI=1S/C9H13NO3.C8H11NO3.C8H11NO2.C6H6O2/c1-10-5-9(13)6-2-3-7(11)8(12)4-6;9-4-8(12)5-1-2-6(10)7(11)3-5;9-4-3-6-1-2-7(10)8(11)5-6;7-5-3-1-2-4-6(5)8/h2-4,9-13H,5H2,1H3;1-3,8,10-12H,4,9H2;1-2,5,10-11H,3-4,9H2;1-4,7-8H. The molecule has 4 aromatic carbocycles. The number of aliphatic hydroxyl groups is 2. The van der Waals surface area contributed by atoms with Gasteiger partial charge in [-0.05, 0) is 85.2 Å². The highest BCUT2D eigenvalue weighted by atomic mass is 16.3. The Morgan fingerprint density at radius 3 is 1.32 bits per heavy atom. The second-order valence-corrected chi connectivity index (χ2v) is 9.17. The first kappa shape index (κ1) is 37.1. The Bertz CT molecular complexity index is 1400. The summed E-state index contributed by atoms with van der Waals surface area (Å²) in [4.78, 5) is 0. The van der Waals surface area contributed by atoms with Gasteiger partial charge >= 0.3 is 0 Å². The molecule has 0 aliphatic carbocycles. The molecule has 0 aliphatic rings. The summed E-state index contributed by atoms with van der Waals surface area (Å²) in [6.45, 7) is 1.04. The molecule has 240 valence electrons. The Labute approximate surface area is 254 Å². The zero-order chi connectivity index (χ0) is 33.2. The lowest BCUT2D eigenvalue weighted by atomic mass is 10.1. The maximum absolute atomic E-state index is 9.48. The number of likely N-dealkylation sites (N-methyl/N-ethyl adjacent to an activating group) is 1. The van der Waals surface area contributed by atoms with Gasteiger partial charge in [-0.15, -0.1) is 0 Å². The van der Waals surface area contributed by atoms with Crippen molar-refractivity contribution in [1.29, 1.82) is 0 Å². The molecule has 4 aromatic rings. The largest absolute Gasteiger partial charge is 0.504 e. The molecule has 2 atom stereocenters. The smallest absolute Gasteiger partial charge is 0.157 e. The van der Waals surface area contributed by atoms with Crippen LogP contribution in [0.2, 0.25) is 0 Å². The van der Waals surface area contributed by atoms with Gasteiger partial charge in [0.1, 0.15) is 0 Å². The van der Waals surface area contributed by atoms with Crippen molar-refractivity contribution in [3.05, 3.63) is 95.6 Å². The third kappa shape index (κ3) is 12.9. The molecule has 0 saturated heterocycles. The number of aliphatic hydroxyl groups excluding tert-OH is 2. The van der Waals surface area contributed by atoms with E-state index in [0.29, 0.717) is 30.6 Å². The number of rotatable bonds is 7. The minimum atomic E-state index is -0.795. The van der Waals surface area contributed by atoms with E-state index in [1.165, 1.54) is 54.6 Å². The van der Waals surface area contributed by atoms with Gasteiger partial charge in [0, 0.05) is 13.1 Å². The third-order valence-corrected chi connectivity index (χ3v) is 5.74. The van der Waals surface area contributed by atoms with Gasteiger partial charge in [0.15, 0.2) is 46.0 Å². The van der Waals surface area contributed by atoms with Crippen molar-refractivity contribution >= 4 is 0 Å². The Morgan fingerprint density at radius 2 is 0.955 bits per heavy atom. The van der Waals surface area contributed by atoms with Gasteiger partial charge in [0.2, 0.25) is 0 Å². The van der Waals surface area contributed by atoms with Crippen molar-refractivity contribution in [3.8, 4) is 46.0 Å². The maximum Gasteiger partial charge on any atom is 0.157 e. The molecule has 4 rings (SSSR count). The van der Waals surface area contributed by atoms with Crippen LogP contribution < -0.4 is 16.8 Å². The van der Waals surface area contributed by atoms with E-state index in [-0.39, 0.29) is 52.5 Å². The van der Waals surface area contributed by atoms with Crippen LogP contribution in [0.4, 0.5) is 0 Å². The van der Waals surface area contributed by atoms with E-state index >= 15 is 0 Å². The van der Waals surface area contributed by atoms with Gasteiger partial charge in [-0.2, -0.15) is 0 Å². The van der Waals surface area contributed by atoms with Crippen molar-refractivity contribution in [1.82, 2.24) is 5.32 Å². The summed E-state index contributed by atoms with van der Waals surface area (Å²) < 4.78 is 0. The number of phenols is 8. The van der Waals surface area contributed by atoms with Crippen molar-refractivity contribution in [2.45, 2.75) is 18.6 Å². The molecule has 0 aliphatic heterocycles. The van der Waals surface area contributed by atoms with Crippen LogP contribution in [0.15, 0.2) is 78.9 Å². The average Bonchev–Trinajstić information content (AvgIpc) is 3.00. The van der Waals surface area contributed by atoms with Crippen LogP contribution in [0.3, 0.4) is 0 Å². The number of benzene rings is 4. The number of para-hydroxylation sites is 2. The lowest BCUT2D eigenvalue weighted by molar-refractivity contribution is 0.177. The minimum absolute atomic E-state index is 0.0764. The Morgan fingerprint density at radius 1 is 0.545 bits per heavy atom. The molecule has 0 bridgehead atoms. The van der Waals surface area contributed by atoms with Crippen molar-refractivity contribution in [2.24, 2.45) is 11.5 Å². The first-order valence-electron chi connectivity index (χ1n) is 13.3. The van der Waals surface area contributed by atoms with Crippen LogP contribution in [0, 0.1) is 0 Å². The first-order chi connectivity index (χ1) is 20.8. The van der Waals surface area contributed by atoms with Gasteiger partial charge < -0.3 is 67.8 Å². The molecule has 15 N–H and O–H groups in total. The second-order valence-electron chi connectivity index (χ2n) is 9.17. The lowest BCUT2D eigenvalue weighted by Crippen LogP contribution is -2.16. The Kier molecular flexibility index (Phi) is 16.3. The van der Waals surface area contributed by atoms with Crippen molar-refractivity contribution in [2.75, 3.05) is 26.7 Å². The zero-order valence-electron chi connectivity index (χ0n) is 24.1. The molecule has 13 nitrogen and oxygen atoms in total. The molecule has 0 amide bonds. The molecule has 44 heavy (non-hydrogen) atoms. The lowest BCUT2D eigenvalue weighted by Gasteiger charge is -2.10. The number of aromatic hydroxyl groups is 8. The van der Waals surface area contributed by atoms with E-state index in [1.807, 2.05) is 0 Å². The van der Waals surface area contributed by atoms with E-state index in [4.69, 9.17) is 52.3 Å². The fourth-order valence-corrected chi connectivity index (χ4v) is 3.30. The van der Waals surface area contributed by atoms with Crippen LogP contribution in [-0.2, 0) is 6.42 Å². The summed E-state index contributed by atoms with van der Waals surface area (Å²) in [7, 11) is 1.73. The average molecular weight is 616 g/mol. The number of hydrogen-bond acceptors (Lipinski definition) is 13. The number of hydrogen-bond donors (Lipinski definition) is 13. The predicted octanol–water partition coefficient (Wildman–Crippen LogP) is 2.14. The van der Waals surface area contributed by atoms with Crippen molar-refractivity contribution in [3.63, 3.8) is 0 Å². The van der Waals surface area contributed by atoms with Crippen LogP contribution >= 0.6 is 0 Å². The molecule has 0 radical (unpaired) electrons. The first-order valence-corrected chi connectivity index (χ1v) is 13.3. The summed E-state index contributed by atoms with van der Waals surface area (Å²) >= 11 is 0. The molecule has 13 heteroatoms. The van der Waals surface area contributed by atoms with Gasteiger partial charge in [0.25, 0.3) is 0 Å². The molecule has 0 heterocycles. The summed E-state index contributed by atoms with van der Waals surface area (Å²) in [5, 5.41) is 92.9. The summed E-state index contributed by atoms with van der Waals surface area (Å²) in [5.41, 5.74) is 12.5. The summed E-state index contributed by atoms with van der Waals surface area (Å²) in [5.74, 6) is -1.18. The molecule has 0 fully saturated rings. The third-order valence-electron chi connectivity index (χ3n) is 5.74. The Balaban J connectivity index is 0.000000297. The molecular formula is C31H41N3O10. The molecular weight excluding hydrogens is 574 g/mol. The van der Waals surface area contributed by atoms with Crippen LogP contribution in [0.5, 0.6) is 46.0 Å². The van der Waals surface area contributed by atoms with E-state index < -0.39 is 12.2 Å². The number of nitrogens with two attached hydrogens (primary N) is 2. The molecule has 0 spiro atoms. The van der Waals surface area contributed by atoms with Gasteiger partial charge in [-0.3, -0.25) is 0 Å². The minimum Gasteiger partial charge on any atom is -0.504 e. The van der Waals surface area contributed by atoms with Gasteiger partial charge in [0.05, 0.1) is 12.2 Å². The molecule has 2 unspecified atom stereocenters. The number of nitrogens with one attached hydrogen (secondary N) is 1. The highest BCUT2D eigenvalue weighted by molar-refractivity contribution is 5.42. The molecule has 0 saturated carbocycles. The van der Waals surface area contributed by atoms with E-state index in [0.717, 1.165) is 5.56 Å². The normalized spacial score (nSPS) is 11.4. The fraction of sp³-hybridized carbons (Fsp3) is 0.226. The van der Waals surface area contributed by atoms with Crippen LogP contribution in [-0.4, -0.2) is 77.7 Å². The zero-order valence-corrected chi connectivity index (χ0v) is 24.1. The van der Waals surface area contributed by atoms with Gasteiger partial charge in [-0.25, -0.2) is 0 Å².